The third-order valence-electron chi connectivity index (χ3n) is 4.27. The van der Waals surface area contributed by atoms with Crippen molar-refractivity contribution in [3.05, 3.63) is 82.0 Å². The minimum Gasteiger partial charge on any atom is -0.422 e. The number of halogens is 1. The first-order valence-electron chi connectivity index (χ1n) is 7.71. The lowest BCUT2D eigenvalue weighted by Crippen LogP contribution is -2.30. The third kappa shape index (κ3) is 2.69. The van der Waals surface area contributed by atoms with Crippen LogP contribution in [0.1, 0.15) is 28.3 Å². The molecule has 2 unspecified atom stereocenters. The van der Waals surface area contributed by atoms with E-state index < -0.39 is 11.5 Å². The van der Waals surface area contributed by atoms with Crippen LogP contribution in [-0.4, -0.2) is 11.9 Å². The van der Waals surface area contributed by atoms with Gasteiger partial charge < -0.3 is 9.73 Å². The Morgan fingerprint density at radius 3 is 2.79 bits per heavy atom. The number of benzene rings is 2. The molecule has 0 aliphatic heterocycles. The molecule has 4 rings (SSSR count). The molecule has 0 saturated heterocycles. The molecule has 3 aromatic rings. The number of carbonyl (C=O) groups excluding carboxylic acids is 1. The Morgan fingerprint density at radius 1 is 1.12 bits per heavy atom. The summed E-state index contributed by atoms with van der Waals surface area (Å²) in [5.74, 6) is -0.671. The Hall–Kier alpha value is -2.95. The summed E-state index contributed by atoms with van der Waals surface area (Å²) in [7, 11) is 0. The Labute approximate surface area is 136 Å². The average Bonchev–Trinajstić information content (AvgIpc) is 3.33. The van der Waals surface area contributed by atoms with Crippen LogP contribution < -0.4 is 10.9 Å². The Bertz CT molecular complexity index is 995. The van der Waals surface area contributed by atoms with Gasteiger partial charge in [-0.05, 0) is 36.2 Å². The van der Waals surface area contributed by atoms with E-state index in [4.69, 9.17) is 4.42 Å². The maximum Gasteiger partial charge on any atom is 0.349 e. The van der Waals surface area contributed by atoms with Gasteiger partial charge in [0.2, 0.25) is 0 Å². The normalized spacial score (nSPS) is 19.2. The molecule has 1 amide bonds. The molecular formula is C19H14FNO3. The minimum absolute atomic E-state index is 0.0152. The summed E-state index contributed by atoms with van der Waals surface area (Å²) in [4.78, 5) is 24.4. The summed E-state index contributed by atoms with van der Waals surface area (Å²) in [5, 5.41) is 3.52. The molecule has 1 fully saturated rings. The van der Waals surface area contributed by atoms with E-state index in [1.54, 1.807) is 24.3 Å². The van der Waals surface area contributed by atoms with Gasteiger partial charge in [-0.1, -0.05) is 30.3 Å². The maximum atomic E-state index is 13.3. The number of hydrogen-bond acceptors (Lipinski definition) is 3. The zero-order chi connectivity index (χ0) is 16.7. The van der Waals surface area contributed by atoms with E-state index in [0.717, 1.165) is 12.0 Å². The smallest absolute Gasteiger partial charge is 0.349 e. The molecule has 2 aromatic carbocycles. The predicted octanol–water partition coefficient (Wildman–Crippen LogP) is 3.22. The summed E-state index contributed by atoms with van der Waals surface area (Å²) in [6.07, 6.45) is 0.730. The Balaban J connectivity index is 1.53. The van der Waals surface area contributed by atoms with Crippen molar-refractivity contribution in [2.24, 2.45) is 0 Å². The highest BCUT2D eigenvalue weighted by molar-refractivity contribution is 5.97. The van der Waals surface area contributed by atoms with Gasteiger partial charge in [0.25, 0.3) is 5.91 Å². The number of nitrogens with one attached hydrogen (secondary N) is 1. The number of rotatable bonds is 3. The van der Waals surface area contributed by atoms with Crippen LogP contribution in [0.15, 0.2) is 63.8 Å². The zero-order valence-electron chi connectivity index (χ0n) is 12.7. The lowest BCUT2D eigenvalue weighted by atomic mass is 10.1. The zero-order valence-corrected chi connectivity index (χ0v) is 12.7. The van der Waals surface area contributed by atoms with Crippen molar-refractivity contribution in [1.29, 1.82) is 0 Å². The van der Waals surface area contributed by atoms with E-state index in [1.807, 2.05) is 12.1 Å². The molecule has 120 valence electrons. The van der Waals surface area contributed by atoms with Crippen LogP contribution in [-0.2, 0) is 0 Å². The molecule has 1 N–H and O–H groups in total. The van der Waals surface area contributed by atoms with Crippen LogP contribution in [0.25, 0.3) is 11.0 Å². The van der Waals surface area contributed by atoms with Gasteiger partial charge in [0.15, 0.2) is 0 Å². The molecule has 1 aliphatic rings. The topological polar surface area (TPSA) is 59.3 Å². The Kier molecular flexibility index (Phi) is 3.41. The van der Waals surface area contributed by atoms with Crippen LogP contribution in [0.4, 0.5) is 4.39 Å². The summed E-state index contributed by atoms with van der Waals surface area (Å²) in [6, 6.07) is 14.8. The first-order valence-corrected chi connectivity index (χ1v) is 7.71. The SMILES string of the molecule is O=C(NC1CC1c1cccc(F)c1)c1cc2ccccc2oc1=O. The molecule has 2 atom stereocenters. The highest BCUT2D eigenvalue weighted by atomic mass is 19.1. The lowest BCUT2D eigenvalue weighted by Gasteiger charge is -2.05. The van der Waals surface area contributed by atoms with Gasteiger partial charge in [-0.2, -0.15) is 0 Å². The first kappa shape index (κ1) is 14.6. The second-order valence-electron chi connectivity index (χ2n) is 5.96. The highest BCUT2D eigenvalue weighted by Gasteiger charge is 2.40. The molecule has 0 spiro atoms. The molecule has 5 heteroatoms. The minimum atomic E-state index is -0.658. The number of carbonyl (C=O) groups is 1. The van der Waals surface area contributed by atoms with E-state index in [2.05, 4.69) is 5.32 Å². The van der Waals surface area contributed by atoms with Crippen molar-refractivity contribution in [3.63, 3.8) is 0 Å². The van der Waals surface area contributed by atoms with E-state index in [0.29, 0.717) is 11.0 Å². The number of fused-ring (bicyclic) bond motifs is 1. The Morgan fingerprint density at radius 2 is 1.96 bits per heavy atom. The van der Waals surface area contributed by atoms with Crippen LogP contribution in [0.5, 0.6) is 0 Å². The third-order valence-corrected chi connectivity index (χ3v) is 4.27. The quantitative estimate of drug-likeness (QED) is 0.753. The van der Waals surface area contributed by atoms with Crippen molar-refractivity contribution >= 4 is 16.9 Å². The molecule has 1 saturated carbocycles. The van der Waals surface area contributed by atoms with E-state index in [1.165, 1.54) is 18.2 Å². The average molecular weight is 323 g/mol. The van der Waals surface area contributed by atoms with E-state index >= 15 is 0 Å². The van der Waals surface area contributed by atoms with Crippen LogP contribution in [0.3, 0.4) is 0 Å². The fraction of sp³-hybridized carbons (Fsp3) is 0.158. The van der Waals surface area contributed by atoms with E-state index in [9.17, 15) is 14.0 Å². The summed E-state index contributed by atoms with van der Waals surface area (Å²) in [6.45, 7) is 0. The molecule has 1 aliphatic carbocycles. The maximum absolute atomic E-state index is 13.3. The number of para-hydroxylation sites is 1. The van der Waals surface area contributed by atoms with Crippen LogP contribution in [0, 0.1) is 5.82 Å². The molecule has 1 heterocycles. The van der Waals surface area contributed by atoms with Crippen molar-refractivity contribution in [1.82, 2.24) is 5.32 Å². The summed E-state index contributed by atoms with van der Waals surface area (Å²) >= 11 is 0. The summed E-state index contributed by atoms with van der Waals surface area (Å²) < 4.78 is 18.4. The second-order valence-corrected chi connectivity index (χ2v) is 5.96. The van der Waals surface area contributed by atoms with Gasteiger partial charge in [0.05, 0.1) is 0 Å². The van der Waals surface area contributed by atoms with Crippen molar-refractivity contribution < 1.29 is 13.6 Å². The van der Waals surface area contributed by atoms with Crippen LogP contribution >= 0.6 is 0 Å². The van der Waals surface area contributed by atoms with E-state index in [-0.39, 0.29) is 23.3 Å². The molecule has 4 nitrogen and oxygen atoms in total. The lowest BCUT2D eigenvalue weighted by molar-refractivity contribution is 0.0947. The molecule has 24 heavy (non-hydrogen) atoms. The largest absolute Gasteiger partial charge is 0.422 e. The van der Waals surface area contributed by atoms with Crippen molar-refractivity contribution in [3.8, 4) is 0 Å². The van der Waals surface area contributed by atoms with Gasteiger partial charge in [0, 0.05) is 17.3 Å². The van der Waals surface area contributed by atoms with Crippen LogP contribution in [0.2, 0.25) is 0 Å². The van der Waals surface area contributed by atoms with Gasteiger partial charge >= 0.3 is 5.63 Å². The van der Waals surface area contributed by atoms with Gasteiger partial charge in [-0.3, -0.25) is 4.79 Å². The second kappa shape index (κ2) is 5.60. The van der Waals surface area contributed by atoms with Crippen molar-refractivity contribution in [2.45, 2.75) is 18.4 Å². The fourth-order valence-corrected chi connectivity index (χ4v) is 2.93. The van der Waals surface area contributed by atoms with Gasteiger partial charge in [-0.15, -0.1) is 0 Å². The first-order chi connectivity index (χ1) is 11.6. The monoisotopic (exact) mass is 323 g/mol. The fourth-order valence-electron chi connectivity index (χ4n) is 2.93. The molecule has 0 bridgehead atoms. The molecular weight excluding hydrogens is 309 g/mol. The molecule has 0 radical (unpaired) electrons. The predicted molar refractivity (Wildman–Crippen MR) is 87.5 cm³/mol. The number of amides is 1. The number of hydrogen-bond donors (Lipinski definition) is 1. The highest BCUT2D eigenvalue weighted by Crippen LogP contribution is 2.41. The standard InChI is InChI=1S/C19H14FNO3/c20-13-6-3-5-11(8-13)14-10-16(14)21-18(22)15-9-12-4-1-2-7-17(12)24-19(15)23/h1-9,14,16H,10H2,(H,21,22). The van der Waals surface area contributed by atoms with Gasteiger partial charge in [0.1, 0.15) is 17.0 Å². The molecule has 1 aromatic heterocycles. The van der Waals surface area contributed by atoms with Gasteiger partial charge in [-0.25, -0.2) is 9.18 Å². The van der Waals surface area contributed by atoms with Crippen molar-refractivity contribution in [2.75, 3.05) is 0 Å². The summed E-state index contributed by atoms with van der Waals surface area (Å²) in [5.41, 5.74) is 0.627.